The van der Waals surface area contributed by atoms with Gasteiger partial charge in [-0.15, -0.1) is 0 Å². The number of Topliss-reactive ketones (excluding diaryl/α,β-unsaturated/α-hetero) is 1. The number of rotatable bonds is 5. The van der Waals surface area contributed by atoms with Gasteiger partial charge in [-0.05, 0) is 31.0 Å². The summed E-state index contributed by atoms with van der Waals surface area (Å²) >= 11 is 6.26. The number of benzene rings is 2. The van der Waals surface area contributed by atoms with Crippen molar-refractivity contribution in [2.75, 3.05) is 0 Å². The summed E-state index contributed by atoms with van der Waals surface area (Å²) in [6, 6.07) is 14.2. The zero-order valence-electron chi connectivity index (χ0n) is 15.2. The molecule has 1 fully saturated rings. The maximum atomic E-state index is 12.8. The van der Waals surface area contributed by atoms with E-state index in [1.165, 1.54) is 6.92 Å². The minimum Gasteiger partial charge on any atom is -0.385 e. The average Bonchev–Trinajstić information content (AvgIpc) is 2.85. The summed E-state index contributed by atoms with van der Waals surface area (Å²) in [5.74, 6) is -0.731. The van der Waals surface area contributed by atoms with E-state index < -0.39 is 30.0 Å². The first kappa shape index (κ1) is 20.0. The Morgan fingerprint density at radius 3 is 2.44 bits per heavy atom. The zero-order valence-corrected chi connectivity index (χ0v) is 15.9. The molecule has 0 saturated carbocycles. The van der Waals surface area contributed by atoms with Crippen LogP contribution in [0.4, 0.5) is 0 Å². The van der Waals surface area contributed by atoms with Crippen LogP contribution in [0.2, 0.25) is 5.02 Å². The number of ether oxygens (including phenoxy) is 1. The number of aryl methyl sites for hydroxylation is 1. The minimum absolute atomic E-state index is 0.0314. The fraction of sp³-hybridized carbons (Fsp3) is 0.381. The van der Waals surface area contributed by atoms with Crippen LogP contribution in [0.3, 0.4) is 0 Å². The van der Waals surface area contributed by atoms with Crippen molar-refractivity contribution in [3.05, 3.63) is 70.2 Å². The van der Waals surface area contributed by atoms with E-state index >= 15 is 0 Å². The molecule has 1 heterocycles. The van der Waals surface area contributed by atoms with Gasteiger partial charge >= 0.3 is 0 Å². The maximum Gasteiger partial charge on any atom is 0.184 e. The number of halogens is 1. The quantitative estimate of drug-likeness (QED) is 0.683. The molecule has 1 unspecified atom stereocenters. The third-order valence-corrected chi connectivity index (χ3v) is 5.63. The normalized spacial score (nSPS) is 28.9. The summed E-state index contributed by atoms with van der Waals surface area (Å²) in [5, 5.41) is 31.3. The molecule has 0 radical (unpaired) electrons. The van der Waals surface area contributed by atoms with Gasteiger partial charge < -0.3 is 20.1 Å². The van der Waals surface area contributed by atoms with Gasteiger partial charge in [-0.25, -0.2) is 0 Å². The number of hydrogen-bond donors (Lipinski definition) is 3. The molecule has 6 heteroatoms. The van der Waals surface area contributed by atoms with Crippen molar-refractivity contribution >= 4 is 17.4 Å². The van der Waals surface area contributed by atoms with Gasteiger partial charge in [0.15, 0.2) is 12.1 Å². The number of carbonyl (C=O) groups excluding carboxylic acids is 1. The van der Waals surface area contributed by atoms with Gasteiger partial charge in [-0.3, -0.25) is 4.79 Å². The Morgan fingerprint density at radius 1 is 1.22 bits per heavy atom. The Morgan fingerprint density at radius 2 is 1.89 bits per heavy atom. The first-order valence-electron chi connectivity index (χ1n) is 8.80. The van der Waals surface area contributed by atoms with Crippen molar-refractivity contribution in [2.24, 2.45) is 0 Å². The van der Waals surface area contributed by atoms with Gasteiger partial charge in [0.2, 0.25) is 0 Å². The van der Waals surface area contributed by atoms with Crippen LogP contribution in [0.5, 0.6) is 0 Å². The van der Waals surface area contributed by atoms with E-state index in [0.29, 0.717) is 16.1 Å². The van der Waals surface area contributed by atoms with E-state index in [9.17, 15) is 20.1 Å². The number of aliphatic hydroxyl groups is 3. The SMILES string of the molecule is Cc1ccc([C@@H](CC(=O)c2ccccc2)[C@H]2OC(O)[C@H](O)[C@]2(C)O)cc1Cl. The molecular weight excluding hydrogens is 368 g/mol. The largest absolute Gasteiger partial charge is 0.385 e. The second-order valence-electron chi connectivity index (χ2n) is 7.23. The van der Waals surface area contributed by atoms with Crippen LogP contribution in [-0.4, -0.2) is 45.2 Å². The van der Waals surface area contributed by atoms with Crippen LogP contribution in [0, 0.1) is 6.92 Å². The first-order valence-corrected chi connectivity index (χ1v) is 9.18. The third kappa shape index (κ3) is 3.93. The van der Waals surface area contributed by atoms with Gasteiger partial charge in [-0.2, -0.15) is 0 Å². The van der Waals surface area contributed by atoms with Crippen molar-refractivity contribution in [2.45, 2.75) is 50.3 Å². The molecule has 0 bridgehead atoms. The van der Waals surface area contributed by atoms with Crippen molar-refractivity contribution in [3.8, 4) is 0 Å². The molecule has 2 aromatic carbocycles. The predicted molar refractivity (Wildman–Crippen MR) is 102 cm³/mol. The third-order valence-electron chi connectivity index (χ3n) is 5.22. The molecule has 3 N–H and O–H groups in total. The van der Waals surface area contributed by atoms with Crippen LogP contribution < -0.4 is 0 Å². The summed E-state index contributed by atoms with van der Waals surface area (Å²) in [5.41, 5.74) is 0.395. The highest BCUT2D eigenvalue weighted by Crippen LogP contribution is 2.41. The molecule has 5 nitrogen and oxygen atoms in total. The molecule has 1 saturated heterocycles. The standard InChI is InChI=1S/C21H23ClO5/c1-12-8-9-14(10-16(12)22)15(11-17(23)13-6-4-3-5-7-13)19-21(2,26)18(24)20(25)27-19/h3-10,15,18-20,24-26H,11H2,1-2H3/t15-,18+,19-,20?,21+/m1/s1. The Bertz CT molecular complexity index is 821. The lowest BCUT2D eigenvalue weighted by Crippen LogP contribution is -2.47. The highest BCUT2D eigenvalue weighted by Gasteiger charge is 2.54. The van der Waals surface area contributed by atoms with Crippen LogP contribution >= 0.6 is 11.6 Å². The van der Waals surface area contributed by atoms with E-state index in [4.69, 9.17) is 16.3 Å². The molecule has 0 aliphatic carbocycles. The van der Waals surface area contributed by atoms with Crippen LogP contribution in [0.15, 0.2) is 48.5 Å². The van der Waals surface area contributed by atoms with Gasteiger partial charge in [0, 0.05) is 22.9 Å². The summed E-state index contributed by atoms with van der Waals surface area (Å²) < 4.78 is 5.47. The van der Waals surface area contributed by atoms with Gasteiger partial charge in [0.05, 0.1) is 6.10 Å². The van der Waals surface area contributed by atoms with Crippen LogP contribution in [0.25, 0.3) is 0 Å². The second-order valence-corrected chi connectivity index (χ2v) is 7.63. The molecule has 2 aromatic rings. The minimum atomic E-state index is -1.72. The molecule has 27 heavy (non-hydrogen) atoms. The molecule has 1 aliphatic rings. The molecule has 144 valence electrons. The van der Waals surface area contributed by atoms with Crippen LogP contribution in [0.1, 0.15) is 40.7 Å². The first-order chi connectivity index (χ1) is 12.7. The Balaban J connectivity index is 1.99. The lowest BCUT2D eigenvalue weighted by Gasteiger charge is -2.32. The summed E-state index contributed by atoms with van der Waals surface area (Å²) in [7, 11) is 0. The average molecular weight is 391 g/mol. The van der Waals surface area contributed by atoms with Crippen molar-refractivity contribution in [1.82, 2.24) is 0 Å². The lowest BCUT2D eigenvalue weighted by molar-refractivity contribution is -0.130. The number of ketones is 1. The number of aliphatic hydroxyl groups excluding tert-OH is 2. The smallest absolute Gasteiger partial charge is 0.184 e. The molecular formula is C21H23ClO5. The fourth-order valence-electron chi connectivity index (χ4n) is 3.50. The summed E-state index contributed by atoms with van der Waals surface area (Å²) in [4.78, 5) is 12.8. The maximum absolute atomic E-state index is 12.8. The lowest BCUT2D eigenvalue weighted by atomic mass is 9.79. The zero-order chi connectivity index (χ0) is 19.8. The Kier molecular flexibility index (Phi) is 5.70. The topological polar surface area (TPSA) is 87.0 Å². The van der Waals surface area contributed by atoms with Gasteiger partial charge in [0.1, 0.15) is 11.7 Å². The highest BCUT2D eigenvalue weighted by atomic mass is 35.5. The van der Waals surface area contributed by atoms with Gasteiger partial charge in [-0.1, -0.05) is 54.1 Å². The molecule has 1 aliphatic heterocycles. The molecule has 3 rings (SSSR count). The fourth-order valence-corrected chi connectivity index (χ4v) is 3.69. The number of hydrogen-bond acceptors (Lipinski definition) is 5. The molecule has 0 aromatic heterocycles. The van der Waals surface area contributed by atoms with E-state index in [0.717, 1.165) is 5.56 Å². The van der Waals surface area contributed by atoms with Crippen molar-refractivity contribution < 1.29 is 24.9 Å². The number of carbonyl (C=O) groups is 1. The Labute approximate surface area is 163 Å². The molecule has 5 atom stereocenters. The van der Waals surface area contributed by atoms with E-state index in [-0.39, 0.29) is 12.2 Å². The van der Waals surface area contributed by atoms with Crippen molar-refractivity contribution in [1.29, 1.82) is 0 Å². The predicted octanol–water partition coefficient (Wildman–Crippen LogP) is 2.83. The summed E-state index contributed by atoms with van der Waals surface area (Å²) in [6.45, 7) is 3.26. The second kappa shape index (κ2) is 7.70. The van der Waals surface area contributed by atoms with Gasteiger partial charge in [0.25, 0.3) is 0 Å². The van der Waals surface area contributed by atoms with E-state index in [2.05, 4.69) is 0 Å². The molecule has 0 spiro atoms. The summed E-state index contributed by atoms with van der Waals surface area (Å²) in [6.07, 6.45) is -3.95. The highest BCUT2D eigenvalue weighted by molar-refractivity contribution is 6.31. The monoisotopic (exact) mass is 390 g/mol. The Hall–Kier alpha value is -1.76. The van der Waals surface area contributed by atoms with E-state index in [1.807, 2.05) is 25.1 Å². The molecule has 0 amide bonds. The van der Waals surface area contributed by atoms with Crippen LogP contribution in [-0.2, 0) is 4.74 Å². The van der Waals surface area contributed by atoms with Crippen molar-refractivity contribution in [3.63, 3.8) is 0 Å². The van der Waals surface area contributed by atoms with E-state index in [1.54, 1.807) is 30.3 Å².